The second-order valence-corrected chi connectivity index (χ2v) is 7.03. The van der Waals surface area contributed by atoms with Gasteiger partial charge in [0.1, 0.15) is 6.10 Å². The molecule has 0 bridgehead atoms. The van der Waals surface area contributed by atoms with Crippen LogP contribution in [-0.2, 0) is 14.3 Å². The summed E-state index contributed by atoms with van der Waals surface area (Å²) >= 11 is 0. The van der Waals surface area contributed by atoms with Crippen molar-refractivity contribution in [2.45, 2.75) is 71.2 Å². The molecule has 0 aromatic heterocycles. The average molecular weight is 298 g/mol. The number of carbonyl (C=O) groups is 1. The zero-order valence-electron chi connectivity index (χ0n) is 13.5. The Kier molecular flexibility index (Phi) is 6.02. The fourth-order valence-corrected chi connectivity index (χ4v) is 3.65. The van der Waals surface area contributed by atoms with Crippen molar-refractivity contribution in [2.75, 3.05) is 6.61 Å². The third-order valence-corrected chi connectivity index (χ3v) is 5.00. The summed E-state index contributed by atoms with van der Waals surface area (Å²) in [6, 6.07) is 0. The Labute approximate surface area is 127 Å². The van der Waals surface area contributed by atoms with Crippen LogP contribution in [0.25, 0.3) is 0 Å². The summed E-state index contributed by atoms with van der Waals surface area (Å²) in [5, 5.41) is 0. The van der Waals surface area contributed by atoms with Crippen molar-refractivity contribution in [3.8, 4) is 0 Å². The molecule has 2 fully saturated rings. The van der Waals surface area contributed by atoms with Crippen LogP contribution in [0.3, 0.4) is 0 Å². The minimum atomic E-state index is -0.408. The van der Waals surface area contributed by atoms with Crippen molar-refractivity contribution in [1.29, 1.82) is 0 Å². The lowest BCUT2D eigenvalue weighted by atomic mass is 9.75. The van der Waals surface area contributed by atoms with Gasteiger partial charge in [-0.15, -0.1) is 0 Å². The van der Waals surface area contributed by atoms with Gasteiger partial charge in [-0.2, -0.15) is 0 Å². The monoisotopic (exact) mass is 298 g/mol. The van der Waals surface area contributed by atoms with Gasteiger partial charge >= 0.3 is 0 Å². The van der Waals surface area contributed by atoms with Crippen LogP contribution in [-0.4, -0.2) is 30.8 Å². The van der Waals surface area contributed by atoms with E-state index in [-0.39, 0.29) is 12.0 Å². The zero-order valence-corrected chi connectivity index (χ0v) is 13.5. The highest BCUT2D eigenvalue weighted by Crippen LogP contribution is 2.35. The first-order valence-corrected chi connectivity index (χ1v) is 8.28. The van der Waals surface area contributed by atoms with Crippen molar-refractivity contribution < 1.29 is 14.3 Å². The molecule has 1 aliphatic heterocycles. The van der Waals surface area contributed by atoms with Crippen molar-refractivity contribution >= 4 is 5.91 Å². The molecule has 21 heavy (non-hydrogen) atoms. The summed E-state index contributed by atoms with van der Waals surface area (Å²) in [5.41, 5.74) is 2.16. The Hall–Kier alpha value is -0.650. The standard InChI is InChI=1S/C16H30N2O3/c1-10(2)13-6-4-11(3)8-15(13)20-9-12-5-7-14(21-12)16(19)18-17/h10-15H,4-9,17H2,1-3H3,(H,18,19). The van der Waals surface area contributed by atoms with E-state index in [9.17, 15) is 4.79 Å². The molecule has 5 unspecified atom stereocenters. The van der Waals surface area contributed by atoms with Gasteiger partial charge in [0.15, 0.2) is 0 Å². The third-order valence-electron chi connectivity index (χ3n) is 5.00. The summed E-state index contributed by atoms with van der Waals surface area (Å²) < 4.78 is 11.9. The maximum absolute atomic E-state index is 11.4. The molecule has 0 aromatic carbocycles. The van der Waals surface area contributed by atoms with Gasteiger partial charge in [0, 0.05) is 0 Å². The zero-order chi connectivity index (χ0) is 15.4. The van der Waals surface area contributed by atoms with Gasteiger partial charge in [-0.3, -0.25) is 10.2 Å². The van der Waals surface area contributed by atoms with Crippen LogP contribution in [0, 0.1) is 17.8 Å². The minimum absolute atomic E-state index is 0.0253. The smallest absolute Gasteiger partial charge is 0.263 e. The van der Waals surface area contributed by atoms with Crippen LogP contribution < -0.4 is 11.3 Å². The summed E-state index contributed by atoms with van der Waals surface area (Å²) in [4.78, 5) is 11.4. The number of ether oxygens (including phenoxy) is 2. The molecule has 0 radical (unpaired) electrons. The molecule has 5 heteroatoms. The highest BCUT2D eigenvalue weighted by molar-refractivity contribution is 5.80. The van der Waals surface area contributed by atoms with Gasteiger partial charge in [-0.25, -0.2) is 5.84 Å². The van der Waals surface area contributed by atoms with Crippen LogP contribution in [0.2, 0.25) is 0 Å². The molecule has 1 aliphatic carbocycles. The third kappa shape index (κ3) is 4.41. The van der Waals surface area contributed by atoms with Crippen LogP contribution >= 0.6 is 0 Å². The lowest BCUT2D eigenvalue weighted by Crippen LogP contribution is -2.40. The second kappa shape index (κ2) is 7.56. The van der Waals surface area contributed by atoms with E-state index in [4.69, 9.17) is 15.3 Å². The maximum atomic E-state index is 11.4. The molecule has 1 heterocycles. The molecule has 2 aliphatic rings. The number of nitrogens with one attached hydrogen (secondary N) is 1. The van der Waals surface area contributed by atoms with Gasteiger partial charge in [0.2, 0.25) is 0 Å². The summed E-state index contributed by atoms with van der Waals surface area (Å²) in [5.74, 6) is 6.95. The molecule has 1 saturated heterocycles. The van der Waals surface area contributed by atoms with E-state index in [1.54, 1.807) is 0 Å². The van der Waals surface area contributed by atoms with Gasteiger partial charge in [0.05, 0.1) is 18.8 Å². The van der Waals surface area contributed by atoms with Crippen LogP contribution in [0.4, 0.5) is 0 Å². The number of rotatable bonds is 5. The van der Waals surface area contributed by atoms with E-state index >= 15 is 0 Å². The molecular weight excluding hydrogens is 268 g/mol. The molecule has 1 amide bonds. The van der Waals surface area contributed by atoms with E-state index in [0.717, 1.165) is 25.2 Å². The van der Waals surface area contributed by atoms with Gasteiger partial charge in [0.25, 0.3) is 5.91 Å². The summed E-state index contributed by atoms with van der Waals surface area (Å²) in [6.07, 6.45) is 5.25. The first-order chi connectivity index (χ1) is 10.0. The van der Waals surface area contributed by atoms with Gasteiger partial charge in [-0.05, 0) is 43.4 Å². The van der Waals surface area contributed by atoms with Crippen LogP contribution in [0.1, 0.15) is 52.9 Å². The molecule has 2 rings (SSSR count). The lowest BCUT2D eigenvalue weighted by Gasteiger charge is -2.37. The van der Waals surface area contributed by atoms with Crippen LogP contribution in [0.5, 0.6) is 0 Å². The number of hydrogen-bond donors (Lipinski definition) is 2. The fourth-order valence-electron chi connectivity index (χ4n) is 3.65. The number of hydrogen-bond acceptors (Lipinski definition) is 4. The Balaban J connectivity index is 1.80. The molecule has 0 spiro atoms. The Morgan fingerprint density at radius 3 is 2.76 bits per heavy atom. The summed E-state index contributed by atoms with van der Waals surface area (Å²) in [7, 11) is 0. The molecule has 0 aromatic rings. The average Bonchev–Trinajstić information content (AvgIpc) is 2.93. The minimum Gasteiger partial charge on any atom is -0.375 e. The van der Waals surface area contributed by atoms with E-state index in [2.05, 4.69) is 26.2 Å². The highest BCUT2D eigenvalue weighted by atomic mass is 16.5. The molecule has 5 nitrogen and oxygen atoms in total. The van der Waals surface area contributed by atoms with Crippen molar-refractivity contribution in [2.24, 2.45) is 23.6 Å². The van der Waals surface area contributed by atoms with E-state index in [0.29, 0.717) is 24.5 Å². The highest BCUT2D eigenvalue weighted by Gasteiger charge is 2.34. The predicted octanol–water partition coefficient (Wildman–Crippen LogP) is 2.00. The largest absolute Gasteiger partial charge is 0.375 e. The van der Waals surface area contributed by atoms with E-state index in [1.165, 1.54) is 12.8 Å². The Morgan fingerprint density at radius 1 is 1.33 bits per heavy atom. The molecular formula is C16H30N2O3. The fraction of sp³-hybridized carbons (Fsp3) is 0.938. The first kappa shape index (κ1) is 16.7. The van der Waals surface area contributed by atoms with Gasteiger partial charge in [-0.1, -0.05) is 27.2 Å². The summed E-state index contributed by atoms with van der Waals surface area (Å²) in [6.45, 7) is 7.46. The molecule has 1 saturated carbocycles. The number of nitrogens with two attached hydrogens (primary N) is 1. The van der Waals surface area contributed by atoms with Gasteiger partial charge < -0.3 is 9.47 Å². The number of amides is 1. The molecule has 3 N–H and O–H groups in total. The second-order valence-electron chi connectivity index (χ2n) is 7.03. The molecule has 5 atom stereocenters. The Morgan fingerprint density at radius 2 is 2.10 bits per heavy atom. The topological polar surface area (TPSA) is 73.6 Å². The van der Waals surface area contributed by atoms with E-state index in [1.807, 2.05) is 0 Å². The lowest BCUT2D eigenvalue weighted by molar-refractivity contribution is -0.135. The Bertz CT molecular complexity index is 348. The SMILES string of the molecule is CC1CCC(C(C)C)C(OCC2CCC(C(=O)NN)O2)C1. The predicted molar refractivity (Wildman–Crippen MR) is 81.3 cm³/mol. The van der Waals surface area contributed by atoms with E-state index < -0.39 is 6.10 Å². The maximum Gasteiger partial charge on any atom is 0.263 e. The van der Waals surface area contributed by atoms with Crippen molar-refractivity contribution in [3.05, 3.63) is 0 Å². The quantitative estimate of drug-likeness (QED) is 0.462. The van der Waals surface area contributed by atoms with Crippen molar-refractivity contribution in [1.82, 2.24) is 5.43 Å². The first-order valence-electron chi connectivity index (χ1n) is 8.28. The molecule has 122 valence electrons. The normalized spacial score (nSPS) is 36.9. The number of hydrazine groups is 1. The number of carbonyl (C=O) groups excluding carboxylic acids is 1. The van der Waals surface area contributed by atoms with Crippen LogP contribution in [0.15, 0.2) is 0 Å². The van der Waals surface area contributed by atoms with Crippen molar-refractivity contribution in [3.63, 3.8) is 0 Å².